The molecule has 0 aromatic carbocycles. The fourth-order valence-corrected chi connectivity index (χ4v) is 1.86. The van der Waals surface area contributed by atoms with Crippen LogP contribution in [0.4, 0.5) is 4.79 Å². The highest BCUT2D eigenvalue weighted by Gasteiger charge is 2.34. The normalized spacial score (nSPS) is 23.4. The van der Waals surface area contributed by atoms with E-state index in [1.807, 2.05) is 0 Å². The number of ether oxygens (including phenoxy) is 2. The Morgan fingerprint density at radius 1 is 1.33 bits per heavy atom. The highest BCUT2D eigenvalue weighted by molar-refractivity contribution is 5.80. The first kappa shape index (κ1) is 13.1. The number of aliphatic carboxylic acids is 1. The number of nitrogens with one attached hydrogen (secondary N) is 1. The smallest absolute Gasteiger partial charge is 0.323 e. The molecule has 0 aromatic heterocycles. The minimum atomic E-state index is -0.991. The molecule has 2 rings (SSSR count). The van der Waals surface area contributed by atoms with Crippen molar-refractivity contribution in [1.82, 2.24) is 10.2 Å². The van der Waals surface area contributed by atoms with Gasteiger partial charge in [-0.2, -0.15) is 0 Å². The van der Waals surface area contributed by atoms with Gasteiger partial charge in [0.2, 0.25) is 0 Å². The van der Waals surface area contributed by atoms with E-state index in [2.05, 4.69) is 5.32 Å². The van der Waals surface area contributed by atoms with Gasteiger partial charge >= 0.3 is 12.0 Å². The topological polar surface area (TPSA) is 88.1 Å². The van der Waals surface area contributed by atoms with Gasteiger partial charge in [0.25, 0.3) is 0 Å². The average Bonchev–Trinajstić information content (AvgIpc) is 3.18. The summed E-state index contributed by atoms with van der Waals surface area (Å²) in [4.78, 5) is 23.9. The average molecular weight is 258 g/mol. The van der Waals surface area contributed by atoms with E-state index in [1.54, 1.807) is 0 Å². The molecule has 1 aliphatic heterocycles. The first-order valence-corrected chi connectivity index (χ1v) is 6.12. The molecule has 1 heterocycles. The van der Waals surface area contributed by atoms with Crippen molar-refractivity contribution in [2.24, 2.45) is 0 Å². The largest absolute Gasteiger partial charge is 0.480 e. The zero-order valence-electron chi connectivity index (χ0n) is 10.1. The van der Waals surface area contributed by atoms with Crippen LogP contribution in [0.2, 0.25) is 0 Å². The number of hydrogen-bond acceptors (Lipinski definition) is 4. The maximum Gasteiger partial charge on any atom is 0.323 e. The summed E-state index contributed by atoms with van der Waals surface area (Å²) < 4.78 is 10.6. The summed E-state index contributed by atoms with van der Waals surface area (Å²) in [6, 6.07) is -0.265. The van der Waals surface area contributed by atoms with Gasteiger partial charge in [0.1, 0.15) is 6.54 Å². The van der Waals surface area contributed by atoms with Crippen molar-refractivity contribution in [2.45, 2.75) is 25.0 Å². The molecular weight excluding hydrogens is 240 g/mol. The van der Waals surface area contributed by atoms with Crippen LogP contribution in [0.15, 0.2) is 0 Å². The second-order valence-electron chi connectivity index (χ2n) is 4.51. The predicted octanol–water partition coefficient (Wildman–Crippen LogP) is -0.340. The summed E-state index contributed by atoms with van der Waals surface area (Å²) in [6.07, 6.45) is 1.61. The molecule has 2 amide bonds. The van der Waals surface area contributed by atoms with Crippen LogP contribution < -0.4 is 5.32 Å². The van der Waals surface area contributed by atoms with E-state index >= 15 is 0 Å². The van der Waals surface area contributed by atoms with E-state index in [0.717, 1.165) is 12.8 Å². The Balaban J connectivity index is 1.75. The number of rotatable bonds is 5. The third kappa shape index (κ3) is 3.85. The number of hydrogen-bond donors (Lipinski definition) is 2. The number of carboxylic acid groups (broad SMARTS) is 1. The van der Waals surface area contributed by atoms with E-state index < -0.39 is 5.97 Å². The number of urea groups is 1. The SMILES string of the molecule is O=C(O)CN(C(=O)NCC1COCCO1)C1CC1. The summed E-state index contributed by atoms with van der Waals surface area (Å²) in [5.41, 5.74) is 0. The van der Waals surface area contributed by atoms with Crippen molar-refractivity contribution < 1.29 is 24.2 Å². The number of carbonyl (C=O) groups is 2. The molecule has 2 fully saturated rings. The van der Waals surface area contributed by atoms with Crippen molar-refractivity contribution in [2.75, 3.05) is 32.9 Å². The van der Waals surface area contributed by atoms with E-state index in [1.165, 1.54) is 4.90 Å². The highest BCUT2D eigenvalue weighted by Crippen LogP contribution is 2.26. The first-order chi connectivity index (χ1) is 8.66. The fourth-order valence-electron chi connectivity index (χ4n) is 1.86. The molecule has 1 atom stereocenters. The molecule has 2 aliphatic rings. The van der Waals surface area contributed by atoms with Crippen LogP contribution in [-0.2, 0) is 14.3 Å². The van der Waals surface area contributed by atoms with Crippen LogP contribution in [0.25, 0.3) is 0 Å². The zero-order valence-corrected chi connectivity index (χ0v) is 10.1. The van der Waals surface area contributed by atoms with Gasteiger partial charge < -0.3 is 24.8 Å². The van der Waals surface area contributed by atoms with Crippen molar-refractivity contribution in [1.29, 1.82) is 0 Å². The van der Waals surface area contributed by atoms with Crippen molar-refractivity contribution >= 4 is 12.0 Å². The molecule has 7 nitrogen and oxygen atoms in total. The number of nitrogens with zero attached hydrogens (tertiary/aromatic N) is 1. The Morgan fingerprint density at radius 2 is 2.11 bits per heavy atom. The summed E-state index contributed by atoms with van der Waals surface area (Å²) in [5, 5.41) is 11.5. The fraction of sp³-hybridized carbons (Fsp3) is 0.818. The molecule has 0 radical (unpaired) electrons. The number of carboxylic acids is 1. The quantitative estimate of drug-likeness (QED) is 0.704. The van der Waals surface area contributed by atoms with Gasteiger partial charge in [0.05, 0.1) is 25.9 Å². The summed E-state index contributed by atoms with van der Waals surface area (Å²) in [6.45, 7) is 1.67. The maximum atomic E-state index is 11.9. The van der Waals surface area contributed by atoms with Gasteiger partial charge in [-0.15, -0.1) is 0 Å². The van der Waals surface area contributed by atoms with E-state index in [-0.39, 0.29) is 24.7 Å². The third-order valence-corrected chi connectivity index (χ3v) is 2.92. The van der Waals surface area contributed by atoms with Crippen LogP contribution in [0, 0.1) is 0 Å². The molecule has 18 heavy (non-hydrogen) atoms. The Bertz CT molecular complexity index is 313. The van der Waals surface area contributed by atoms with Crippen molar-refractivity contribution in [3.63, 3.8) is 0 Å². The molecule has 7 heteroatoms. The summed E-state index contributed by atoms with van der Waals surface area (Å²) >= 11 is 0. The van der Waals surface area contributed by atoms with Crippen molar-refractivity contribution in [3.05, 3.63) is 0 Å². The summed E-state index contributed by atoms with van der Waals surface area (Å²) in [7, 11) is 0. The lowest BCUT2D eigenvalue weighted by atomic mass is 10.3. The molecule has 0 bridgehead atoms. The number of carbonyl (C=O) groups excluding carboxylic acids is 1. The molecule has 102 valence electrons. The van der Waals surface area contributed by atoms with E-state index in [0.29, 0.717) is 26.4 Å². The lowest BCUT2D eigenvalue weighted by Gasteiger charge is -2.25. The minimum Gasteiger partial charge on any atom is -0.480 e. The lowest BCUT2D eigenvalue weighted by Crippen LogP contribution is -2.48. The maximum absolute atomic E-state index is 11.9. The van der Waals surface area contributed by atoms with Gasteiger partial charge in [-0.1, -0.05) is 0 Å². The zero-order chi connectivity index (χ0) is 13.0. The number of amides is 2. The standard InChI is InChI=1S/C11H18N2O5/c14-10(15)6-13(8-1-2-8)11(16)12-5-9-7-17-3-4-18-9/h8-9H,1-7H2,(H,12,16)(H,14,15). The second-order valence-corrected chi connectivity index (χ2v) is 4.51. The third-order valence-electron chi connectivity index (χ3n) is 2.92. The molecule has 0 aromatic rings. The van der Waals surface area contributed by atoms with Gasteiger partial charge in [0, 0.05) is 12.6 Å². The Morgan fingerprint density at radius 3 is 2.67 bits per heavy atom. The Kier molecular flexibility index (Phi) is 4.38. The first-order valence-electron chi connectivity index (χ1n) is 6.12. The molecule has 1 saturated carbocycles. The van der Waals surface area contributed by atoms with Crippen LogP contribution in [-0.4, -0.2) is 67.1 Å². The Hall–Kier alpha value is -1.34. The van der Waals surface area contributed by atoms with Crippen LogP contribution >= 0.6 is 0 Å². The minimum absolute atomic E-state index is 0.0737. The van der Waals surface area contributed by atoms with Gasteiger partial charge in [-0.3, -0.25) is 4.79 Å². The molecule has 2 N–H and O–H groups in total. The van der Waals surface area contributed by atoms with Gasteiger partial charge in [-0.05, 0) is 12.8 Å². The lowest BCUT2D eigenvalue weighted by molar-refractivity contribution is -0.137. The van der Waals surface area contributed by atoms with Crippen LogP contribution in [0.1, 0.15) is 12.8 Å². The summed E-state index contributed by atoms with van der Waals surface area (Å²) in [5.74, 6) is -0.991. The van der Waals surface area contributed by atoms with Crippen LogP contribution in [0.5, 0.6) is 0 Å². The molecule has 1 saturated heterocycles. The molecule has 1 aliphatic carbocycles. The Labute approximate surface area is 105 Å². The molecular formula is C11H18N2O5. The van der Waals surface area contributed by atoms with Gasteiger partial charge in [0.15, 0.2) is 0 Å². The van der Waals surface area contributed by atoms with Crippen molar-refractivity contribution in [3.8, 4) is 0 Å². The molecule has 0 spiro atoms. The van der Waals surface area contributed by atoms with E-state index in [4.69, 9.17) is 14.6 Å². The second kappa shape index (κ2) is 6.01. The monoisotopic (exact) mass is 258 g/mol. The van der Waals surface area contributed by atoms with E-state index in [9.17, 15) is 9.59 Å². The van der Waals surface area contributed by atoms with Crippen LogP contribution in [0.3, 0.4) is 0 Å². The predicted molar refractivity (Wildman–Crippen MR) is 61.3 cm³/mol. The highest BCUT2D eigenvalue weighted by atomic mass is 16.6. The van der Waals surface area contributed by atoms with Gasteiger partial charge in [-0.25, -0.2) is 4.79 Å². The molecule has 1 unspecified atom stereocenters.